The van der Waals surface area contributed by atoms with Gasteiger partial charge in [0.1, 0.15) is 0 Å². The predicted molar refractivity (Wildman–Crippen MR) is 144 cm³/mol. The standard InChI is InChI=1S/C31H22N2Se/c1-3-11-26-22(9-1)21-23-10-2-4-12-27(23)32(26)24-17-19-25(20-18-24)33-28-13-5-7-15-30(28)34-31-16-8-6-14-29(31)33/h1-20H,21H2. The van der Waals surface area contributed by atoms with Crippen molar-refractivity contribution < 1.29 is 0 Å². The zero-order valence-electron chi connectivity index (χ0n) is 18.6. The van der Waals surface area contributed by atoms with Crippen molar-refractivity contribution in [3.8, 4) is 0 Å². The Morgan fingerprint density at radius 3 is 1.29 bits per heavy atom. The number of benzene rings is 5. The van der Waals surface area contributed by atoms with E-state index in [4.69, 9.17) is 0 Å². The van der Waals surface area contributed by atoms with Crippen LogP contribution in [0, 0.1) is 0 Å². The van der Waals surface area contributed by atoms with E-state index < -0.39 is 0 Å². The van der Waals surface area contributed by atoms with Crippen LogP contribution in [0.2, 0.25) is 0 Å². The minimum absolute atomic E-state index is 0.324. The van der Waals surface area contributed by atoms with Gasteiger partial charge in [0.25, 0.3) is 0 Å². The quantitative estimate of drug-likeness (QED) is 0.250. The third-order valence-corrected chi connectivity index (χ3v) is 9.02. The Hall–Kier alpha value is -3.78. The van der Waals surface area contributed by atoms with E-state index in [-0.39, 0.29) is 0 Å². The Morgan fingerprint density at radius 1 is 0.412 bits per heavy atom. The predicted octanol–water partition coefficient (Wildman–Crippen LogP) is 6.50. The Morgan fingerprint density at radius 2 is 0.794 bits per heavy atom. The number of nitrogens with zero attached hydrogens (tertiary/aromatic N) is 2. The number of anilines is 6. The zero-order valence-corrected chi connectivity index (χ0v) is 20.3. The summed E-state index contributed by atoms with van der Waals surface area (Å²) in [6, 6.07) is 44.2. The average molecular weight is 501 g/mol. The summed E-state index contributed by atoms with van der Waals surface area (Å²) in [5.41, 5.74) is 10.2. The van der Waals surface area contributed by atoms with Gasteiger partial charge in [0.15, 0.2) is 0 Å². The van der Waals surface area contributed by atoms with E-state index in [1.54, 1.807) is 0 Å². The van der Waals surface area contributed by atoms with Crippen LogP contribution in [0.1, 0.15) is 11.1 Å². The molecule has 0 aliphatic carbocycles. The third kappa shape index (κ3) is 3.09. The van der Waals surface area contributed by atoms with Gasteiger partial charge >= 0.3 is 207 Å². The van der Waals surface area contributed by atoms with Crippen molar-refractivity contribution in [2.75, 3.05) is 9.80 Å². The van der Waals surface area contributed by atoms with Gasteiger partial charge in [-0.25, -0.2) is 0 Å². The van der Waals surface area contributed by atoms with E-state index in [0.29, 0.717) is 15.0 Å². The molecule has 2 heterocycles. The molecule has 162 valence electrons. The topological polar surface area (TPSA) is 6.48 Å². The summed E-state index contributed by atoms with van der Waals surface area (Å²) in [6.07, 6.45) is 0.976. The number of rotatable bonds is 2. The molecule has 2 nitrogen and oxygen atoms in total. The van der Waals surface area contributed by atoms with Crippen LogP contribution in [0.4, 0.5) is 34.1 Å². The molecule has 2 aliphatic rings. The van der Waals surface area contributed by atoms with Crippen molar-refractivity contribution in [1.29, 1.82) is 0 Å². The summed E-state index contributed by atoms with van der Waals surface area (Å²) in [7, 11) is 0. The monoisotopic (exact) mass is 502 g/mol. The summed E-state index contributed by atoms with van der Waals surface area (Å²) >= 11 is 0.324. The summed E-state index contributed by atoms with van der Waals surface area (Å²) in [4.78, 5) is 4.82. The summed E-state index contributed by atoms with van der Waals surface area (Å²) in [5, 5.41) is 0. The first-order valence-electron chi connectivity index (χ1n) is 11.6. The molecule has 0 aromatic heterocycles. The molecule has 0 saturated carbocycles. The molecular formula is C31H22N2Se. The van der Waals surface area contributed by atoms with Crippen LogP contribution < -0.4 is 18.7 Å². The molecule has 0 spiro atoms. The van der Waals surface area contributed by atoms with E-state index in [0.717, 1.165) is 6.42 Å². The molecule has 3 heteroatoms. The average Bonchev–Trinajstić information content (AvgIpc) is 2.90. The fraction of sp³-hybridized carbons (Fsp3) is 0.0323. The molecule has 0 unspecified atom stereocenters. The van der Waals surface area contributed by atoms with E-state index in [1.807, 2.05) is 0 Å². The van der Waals surface area contributed by atoms with Gasteiger partial charge in [-0.3, -0.25) is 0 Å². The maximum absolute atomic E-state index is 2.41. The molecule has 7 rings (SSSR count). The Labute approximate surface area is 206 Å². The SMILES string of the molecule is c1ccc2c(c1)Cc1ccccc1N2c1ccc(N2c3ccccc3[Se]c3ccccc32)cc1. The second kappa shape index (κ2) is 7.92. The normalized spacial score (nSPS) is 13.5. The zero-order chi connectivity index (χ0) is 22.5. The number of hydrogen-bond acceptors (Lipinski definition) is 2. The van der Waals surface area contributed by atoms with Crippen molar-refractivity contribution in [3.05, 3.63) is 132 Å². The van der Waals surface area contributed by atoms with Crippen LogP contribution in [0.15, 0.2) is 121 Å². The molecule has 2 aliphatic heterocycles. The third-order valence-electron chi connectivity index (χ3n) is 6.64. The molecule has 0 N–H and O–H groups in total. The Kier molecular flexibility index (Phi) is 4.58. The molecule has 0 amide bonds. The van der Waals surface area contributed by atoms with Gasteiger partial charge in [0, 0.05) is 0 Å². The number of fused-ring (bicyclic) bond motifs is 4. The number of hydrogen-bond donors (Lipinski definition) is 0. The first-order chi connectivity index (χ1) is 16.9. The molecule has 0 atom stereocenters. The fourth-order valence-corrected chi connectivity index (χ4v) is 7.32. The van der Waals surface area contributed by atoms with Crippen molar-refractivity contribution in [2.24, 2.45) is 0 Å². The van der Waals surface area contributed by atoms with Gasteiger partial charge in [0.2, 0.25) is 0 Å². The van der Waals surface area contributed by atoms with Crippen molar-refractivity contribution in [3.63, 3.8) is 0 Å². The van der Waals surface area contributed by atoms with Gasteiger partial charge in [-0.15, -0.1) is 0 Å². The van der Waals surface area contributed by atoms with Gasteiger partial charge in [-0.1, -0.05) is 0 Å². The van der Waals surface area contributed by atoms with E-state index in [2.05, 4.69) is 131 Å². The molecular weight excluding hydrogens is 479 g/mol. The second-order valence-electron chi connectivity index (χ2n) is 8.66. The Balaban J connectivity index is 1.35. The van der Waals surface area contributed by atoms with Gasteiger partial charge in [0.05, 0.1) is 0 Å². The van der Waals surface area contributed by atoms with Crippen LogP contribution in [0.25, 0.3) is 0 Å². The van der Waals surface area contributed by atoms with Crippen LogP contribution in [0.3, 0.4) is 0 Å². The van der Waals surface area contributed by atoms with E-state index in [9.17, 15) is 0 Å². The van der Waals surface area contributed by atoms with E-state index >= 15 is 0 Å². The summed E-state index contributed by atoms with van der Waals surface area (Å²) in [6.45, 7) is 0. The summed E-state index contributed by atoms with van der Waals surface area (Å²) < 4.78 is 2.85. The molecule has 0 radical (unpaired) electrons. The van der Waals surface area contributed by atoms with Crippen LogP contribution in [-0.4, -0.2) is 15.0 Å². The van der Waals surface area contributed by atoms with E-state index in [1.165, 1.54) is 54.2 Å². The fourth-order valence-electron chi connectivity index (χ4n) is 5.10. The second-order valence-corrected chi connectivity index (χ2v) is 10.9. The van der Waals surface area contributed by atoms with Gasteiger partial charge in [-0.2, -0.15) is 0 Å². The molecule has 34 heavy (non-hydrogen) atoms. The molecule has 5 aromatic carbocycles. The van der Waals surface area contributed by atoms with Crippen LogP contribution in [-0.2, 0) is 6.42 Å². The molecule has 5 aromatic rings. The van der Waals surface area contributed by atoms with Gasteiger partial charge < -0.3 is 0 Å². The number of para-hydroxylation sites is 4. The van der Waals surface area contributed by atoms with Gasteiger partial charge in [-0.05, 0) is 0 Å². The molecule has 0 bridgehead atoms. The van der Waals surface area contributed by atoms with Crippen molar-refractivity contribution in [2.45, 2.75) is 6.42 Å². The first kappa shape index (κ1) is 19.7. The first-order valence-corrected chi connectivity index (χ1v) is 13.3. The Bertz CT molecular complexity index is 1320. The van der Waals surface area contributed by atoms with Crippen LogP contribution in [0.5, 0.6) is 0 Å². The van der Waals surface area contributed by atoms with Crippen molar-refractivity contribution in [1.82, 2.24) is 0 Å². The minimum atomic E-state index is 0.324. The maximum atomic E-state index is 2.41. The van der Waals surface area contributed by atoms with Crippen LogP contribution >= 0.6 is 0 Å². The van der Waals surface area contributed by atoms with Crippen molar-refractivity contribution >= 4 is 58.0 Å². The molecule has 0 fully saturated rings. The molecule has 0 saturated heterocycles. The summed E-state index contributed by atoms with van der Waals surface area (Å²) in [5.74, 6) is 0.